The van der Waals surface area contributed by atoms with E-state index in [1.807, 2.05) is 0 Å². The Morgan fingerprint density at radius 3 is 2.91 bits per heavy atom. The number of esters is 1. The van der Waals surface area contributed by atoms with Crippen LogP contribution in [-0.4, -0.2) is 28.5 Å². The highest BCUT2D eigenvalue weighted by Gasteiger charge is 2.32. The van der Waals surface area contributed by atoms with Gasteiger partial charge >= 0.3 is 5.97 Å². The molecule has 2 atom stereocenters. The van der Waals surface area contributed by atoms with Crippen molar-refractivity contribution in [3.05, 3.63) is 28.2 Å². The molecule has 0 bridgehead atoms. The minimum Gasteiger partial charge on any atom is -0.469 e. The first-order valence-corrected chi connectivity index (χ1v) is 8.74. The molecule has 3 rings (SSSR count). The number of aromatic nitrogens is 2. The summed E-state index contributed by atoms with van der Waals surface area (Å²) in [4.78, 5) is 11.6. The number of hydrogen-bond donors (Lipinski definition) is 0. The maximum absolute atomic E-state index is 11.6. The number of ether oxygens (including phenoxy) is 1. The predicted octanol–water partition coefficient (Wildman–Crippen LogP) is 4.48. The highest BCUT2D eigenvalue weighted by molar-refractivity contribution is 7.99. The summed E-state index contributed by atoms with van der Waals surface area (Å²) in [5.74, 6) is 0.176. The molecule has 1 saturated carbocycles. The number of hydrogen-bond acceptors (Lipinski definition) is 6. The van der Waals surface area contributed by atoms with Gasteiger partial charge in [-0.15, -0.1) is 10.2 Å². The van der Waals surface area contributed by atoms with Gasteiger partial charge in [-0.25, -0.2) is 0 Å². The number of rotatable bonds is 4. The van der Waals surface area contributed by atoms with Crippen LogP contribution in [0.5, 0.6) is 0 Å². The summed E-state index contributed by atoms with van der Waals surface area (Å²) in [5.41, 5.74) is 0.647. The van der Waals surface area contributed by atoms with Crippen molar-refractivity contribution in [2.75, 3.05) is 7.11 Å². The Balaban J connectivity index is 1.67. The van der Waals surface area contributed by atoms with Crippen molar-refractivity contribution in [2.24, 2.45) is 5.92 Å². The number of carbonyl (C=O) groups is 1. The normalized spacial score (nSPS) is 20.7. The second kappa shape index (κ2) is 7.11. The largest absolute Gasteiger partial charge is 0.469 e. The van der Waals surface area contributed by atoms with Gasteiger partial charge in [-0.1, -0.05) is 35.0 Å². The lowest BCUT2D eigenvalue weighted by Gasteiger charge is -2.07. The maximum atomic E-state index is 11.6. The average molecular weight is 373 g/mol. The SMILES string of the molecule is COC(=O)C1CCC(Sc2nnc(-c3ccc(Cl)cc3Cl)o2)C1. The van der Waals surface area contributed by atoms with Crippen LogP contribution in [0.3, 0.4) is 0 Å². The Kier molecular flexibility index (Phi) is 5.14. The molecule has 0 radical (unpaired) electrons. The molecule has 2 aromatic rings. The lowest BCUT2D eigenvalue weighted by atomic mass is 10.1. The molecule has 0 N–H and O–H groups in total. The summed E-state index contributed by atoms with van der Waals surface area (Å²) in [6, 6.07) is 5.10. The van der Waals surface area contributed by atoms with Gasteiger partial charge in [0.15, 0.2) is 0 Å². The molecule has 0 amide bonds. The molecule has 122 valence electrons. The van der Waals surface area contributed by atoms with E-state index in [1.165, 1.54) is 18.9 Å². The van der Waals surface area contributed by atoms with E-state index >= 15 is 0 Å². The van der Waals surface area contributed by atoms with Gasteiger partial charge in [-0.05, 0) is 37.5 Å². The standard InChI is InChI=1S/C15H14Cl2N2O3S/c1-21-14(20)8-2-4-10(6-8)23-15-19-18-13(22-15)11-5-3-9(16)7-12(11)17/h3,5,7-8,10H,2,4,6H2,1H3. The third-order valence-electron chi connectivity index (χ3n) is 3.75. The fourth-order valence-electron chi connectivity index (χ4n) is 2.60. The van der Waals surface area contributed by atoms with Crippen LogP contribution < -0.4 is 0 Å². The molecule has 23 heavy (non-hydrogen) atoms. The van der Waals surface area contributed by atoms with Crippen molar-refractivity contribution in [1.82, 2.24) is 10.2 Å². The topological polar surface area (TPSA) is 65.2 Å². The lowest BCUT2D eigenvalue weighted by molar-refractivity contribution is -0.145. The van der Waals surface area contributed by atoms with E-state index in [2.05, 4.69) is 10.2 Å². The average Bonchev–Trinajstić information content (AvgIpc) is 3.16. The van der Waals surface area contributed by atoms with Gasteiger partial charge in [-0.2, -0.15) is 0 Å². The van der Waals surface area contributed by atoms with Crippen LogP contribution in [0, 0.1) is 5.92 Å². The molecule has 1 aromatic heterocycles. The molecule has 1 aliphatic carbocycles. The third kappa shape index (κ3) is 3.82. The van der Waals surface area contributed by atoms with Gasteiger partial charge < -0.3 is 9.15 Å². The first-order valence-electron chi connectivity index (χ1n) is 7.10. The van der Waals surface area contributed by atoms with E-state index in [0.717, 1.165) is 19.3 Å². The quantitative estimate of drug-likeness (QED) is 0.737. The van der Waals surface area contributed by atoms with Crippen LogP contribution in [-0.2, 0) is 9.53 Å². The highest BCUT2D eigenvalue weighted by atomic mass is 35.5. The lowest BCUT2D eigenvalue weighted by Crippen LogP contribution is -2.13. The third-order valence-corrected chi connectivity index (χ3v) is 5.43. The van der Waals surface area contributed by atoms with Gasteiger partial charge in [0.25, 0.3) is 5.22 Å². The molecule has 0 spiro atoms. The second-order valence-electron chi connectivity index (χ2n) is 5.27. The monoisotopic (exact) mass is 372 g/mol. The number of methoxy groups -OCH3 is 1. The summed E-state index contributed by atoms with van der Waals surface area (Å²) >= 11 is 13.5. The number of carbonyl (C=O) groups excluding carboxylic acids is 1. The zero-order valence-electron chi connectivity index (χ0n) is 12.3. The van der Waals surface area contributed by atoms with Crippen molar-refractivity contribution >= 4 is 40.9 Å². The predicted molar refractivity (Wildman–Crippen MR) is 88.8 cm³/mol. The van der Waals surface area contributed by atoms with Crippen LogP contribution in [0.1, 0.15) is 19.3 Å². The van der Waals surface area contributed by atoms with Gasteiger partial charge in [0.2, 0.25) is 5.89 Å². The maximum Gasteiger partial charge on any atom is 0.308 e. The highest BCUT2D eigenvalue weighted by Crippen LogP contribution is 2.39. The van der Waals surface area contributed by atoms with E-state index in [1.54, 1.807) is 18.2 Å². The molecular weight excluding hydrogens is 359 g/mol. The number of thioether (sulfide) groups is 1. The minimum absolute atomic E-state index is 0.0365. The van der Waals surface area contributed by atoms with Gasteiger partial charge in [0.05, 0.1) is 23.6 Å². The summed E-state index contributed by atoms with van der Waals surface area (Å²) in [6.45, 7) is 0. The van der Waals surface area contributed by atoms with E-state index in [4.69, 9.17) is 32.4 Å². The van der Waals surface area contributed by atoms with Crippen molar-refractivity contribution in [3.8, 4) is 11.5 Å². The zero-order valence-corrected chi connectivity index (χ0v) is 14.6. The molecule has 2 unspecified atom stereocenters. The first-order chi connectivity index (χ1) is 11.1. The molecule has 0 saturated heterocycles. The van der Waals surface area contributed by atoms with Crippen molar-refractivity contribution in [2.45, 2.75) is 29.7 Å². The summed E-state index contributed by atoms with van der Waals surface area (Å²) in [6.07, 6.45) is 2.51. The molecule has 1 fully saturated rings. The van der Waals surface area contributed by atoms with Crippen LogP contribution in [0.4, 0.5) is 0 Å². The Labute approximate surface area is 147 Å². The first kappa shape index (κ1) is 16.6. The van der Waals surface area contributed by atoms with Crippen LogP contribution in [0.15, 0.2) is 27.8 Å². The fraction of sp³-hybridized carbons (Fsp3) is 0.400. The van der Waals surface area contributed by atoms with Crippen LogP contribution in [0.2, 0.25) is 10.0 Å². The number of halogens is 2. The van der Waals surface area contributed by atoms with E-state index in [9.17, 15) is 4.79 Å². The molecule has 1 heterocycles. The summed E-state index contributed by atoms with van der Waals surface area (Å²) in [7, 11) is 1.42. The molecule has 1 aromatic carbocycles. The van der Waals surface area contributed by atoms with Gasteiger partial charge in [-0.3, -0.25) is 4.79 Å². The molecule has 5 nitrogen and oxygen atoms in total. The molecular formula is C15H14Cl2N2O3S. The molecule has 8 heteroatoms. The van der Waals surface area contributed by atoms with E-state index < -0.39 is 0 Å². The summed E-state index contributed by atoms with van der Waals surface area (Å²) in [5, 5.41) is 9.84. The fourth-order valence-corrected chi connectivity index (χ4v) is 4.17. The van der Waals surface area contributed by atoms with Gasteiger partial charge in [0, 0.05) is 10.3 Å². The van der Waals surface area contributed by atoms with Gasteiger partial charge in [0.1, 0.15) is 0 Å². The molecule has 0 aliphatic heterocycles. The van der Waals surface area contributed by atoms with Crippen molar-refractivity contribution in [1.29, 1.82) is 0 Å². The number of benzene rings is 1. The Morgan fingerprint density at radius 1 is 1.35 bits per heavy atom. The Bertz CT molecular complexity index is 722. The zero-order chi connectivity index (χ0) is 16.4. The summed E-state index contributed by atoms with van der Waals surface area (Å²) < 4.78 is 10.5. The second-order valence-corrected chi connectivity index (χ2v) is 7.37. The van der Waals surface area contributed by atoms with Crippen molar-refractivity contribution < 1.29 is 13.9 Å². The smallest absolute Gasteiger partial charge is 0.308 e. The Morgan fingerprint density at radius 2 is 2.17 bits per heavy atom. The minimum atomic E-state index is -0.146. The number of nitrogens with zero attached hydrogens (tertiary/aromatic N) is 2. The Hall–Kier alpha value is -1.24. The molecule has 1 aliphatic rings. The van der Waals surface area contributed by atoms with Crippen LogP contribution in [0.25, 0.3) is 11.5 Å². The van der Waals surface area contributed by atoms with Crippen LogP contribution >= 0.6 is 35.0 Å². The van der Waals surface area contributed by atoms with E-state index in [0.29, 0.717) is 26.7 Å². The van der Waals surface area contributed by atoms with E-state index in [-0.39, 0.29) is 17.1 Å². The van der Waals surface area contributed by atoms with Crippen molar-refractivity contribution in [3.63, 3.8) is 0 Å².